The van der Waals surface area contributed by atoms with Crippen LogP contribution in [0.5, 0.6) is 5.75 Å². The molecule has 0 amide bonds. The molecular weight excluding hydrogens is 236 g/mol. The summed E-state index contributed by atoms with van der Waals surface area (Å²) >= 11 is 17.2. The van der Waals surface area contributed by atoms with Crippen molar-refractivity contribution in [3.63, 3.8) is 0 Å². The van der Waals surface area contributed by atoms with Crippen molar-refractivity contribution in [2.75, 3.05) is 0 Å². The van der Waals surface area contributed by atoms with Crippen molar-refractivity contribution >= 4 is 45.8 Å². The first-order valence-electron chi connectivity index (χ1n) is 3.18. The van der Waals surface area contributed by atoms with E-state index in [1.807, 2.05) is 0 Å². The Morgan fingerprint density at radius 3 is 2.08 bits per heavy atom. The van der Waals surface area contributed by atoms with E-state index in [1.54, 1.807) is 0 Å². The van der Waals surface area contributed by atoms with E-state index in [4.69, 9.17) is 34.8 Å². The second kappa shape index (κ2) is 2.90. The van der Waals surface area contributed by atoms with Crippen LogP contribution >= 0.6 is 34.8 Å². The zero-order valence-electron chi connectivity index (χ0n) is 5.98. The summed E-state index contributed by atoms with van der Waals surface area (Å²) < 4.78 is 0. The molecule has 0 saturated carbocycles. The van der Waals surface area contributed by atoms with Crippen LogP contribution in [0.4, 0.5) is 0 Å². The molecule has 0 aliphatic carbocycles. The first kappa shape index (κ1) is 8.87. The van der Waals surface area contributed by atoms with E-state index in [9.17, 15) is 5.11 Å². The molecule has 2 aromatic rings. The molecule has 0 atom stereocenters. The Labute approximate surface area is 87.4 Å². The van der Waals surface area contributed by atoms with Crippen LogP contribution in [0.15, 0.2) is 0 Å². The first-order chi connectivity index (χ1) is 6.13. The highest BCUT2D eigenvalue weighted by Gasteiger charge is 2.18. The van der Waals surface area contributed by atoms with E-state index in [-0.39, 0.29) is 20.8 Å². The summed E-state index contributed by atoms with van der Waals surface area (Å²) in [7, 11) is 0. The minimum Gasteiger partial charge on any atom is -0.505 e. The molecule has 1 heterocycles. The van der Waals surface area contributed by atoms with E-state index >= 15 is 0 Å². The number of aromatic amines is 1. The number of H-pyrrole nitrogens is 1. The van der Waals surface area contributed by atoms with E-state index in [2.05, 4.69) is 15.4 Å². The number of phenols is 1. The molecule has 0 spiro atoms. The molecule has 68 valence electrons. The lowest BCUT2D eigenvalue weighted by molar-refractivity contribution is 0.476. The van der Waals surface area contributed by atoms with Crippen LogP contribution in [0.1, 0.15) is 0 Å². The molecule has 0 unspecified atom stereocenters. The highest BCUT2D eigenvalue weighted by atomic mass is 35.5. The van der Waals surface area contributed by atoms with Gasteiger partial charge in [0.15, 0.2) is 5.75 Å². The third-order valence-corrected chi connectivity index (χ3v) is 2.76. The summed E-state index contributed by atoms with van der Waals surface area (Å²) in [6, 6.07) is 0. The summed E-state index contributed by atoms with van der Waals surface area (Å²) in [4.78, 5) is 0. The fraction of sp³-hybridized carbons (Fsp3) is 0. The number of aromatic hydroxyl groups is 1. The van der Waals surface area contributed by atoms with Crippen LogP contribution in [0.3, 0.4) is 0 Å². The summed E-state index contributed by atoms with van der Waals surface area (Å²) in [5.74, 6) is -0.283. The van der Waals surface area contributed by atoms with Crippen LogP contribution < -0.4 is 0 Å². The largest absolute Gasteiger partial charge is 0.505 e. The second-order valence-electron chi connectivity index (χ2n) is 2.31. The molecule has 4 nitrogen and oxygen atoms in total. The molecule has 0 aliphatic rings. The molecule has 7 heteroatoms. The molecule has 0 fully saturated rings. The molecular formula is C6H2Cl3N3O. The lowest BCUT2D eigenvalue weighted by Crippen LogP contribution is -1.79. The van der Waals surface area contributed by atoms with Gasteiger partial charge in [0.2, 0.25) is 0 Å². The summed E-state index contributed by atoms with van der Waals surface area (Å²) in [5, 5.41) is 19.3. The van der Waals surface area contributed by atoms with E-state index in [0.29, 0.717) is 11.0 Å². The number of fused-ring (bicyclic) bond motifs is 1. The number of halogens is 3. The molecule has 0 radical (unpaired) electrons. The van der Waals surface area contributed by atoms with Crippen LogP contribution in [0.25, 0.3) is 11.0 Å². The predicted octanol–water partition coefficient (Wildman–Crippen LogP) is 2.62. The van der Waals surface area contributed by atoms with E-state index in [1.165, 1.54) is 0 Å². The topological polar surface area (TPSA) is 61.8 Å². The van der Waals surface area contributed by atoms with Crippen molar-refractivity contribution in [2.45, 2.75) is 0 Å². The van der Waals surface area contributed by atoms with Gasteiger partial charge in [0, 0.05) is 0 Å². The van der Waals surface area contributed by atoms with Gasteiger partial charge in [-0.05, 0) is 0 Å². The number of aromatic nitrogens is 3. The van der Waals surface area contributed by atoms with Gasteiger partial charge in [-0.2, -0.15) is 15.4 Å². The quantitative estimate of drug-likeness (QED) is 0.694. The molecule has 13 heavy (non-hydrogen) atoms. The van der Waals surface area contributed by atoms with Crippen molar-refractivity contribution in [3.05, 3.63) is 15.1 Å². The van der Waals surface area contributed by atoms with Crippen LogP contribution in [-0.4, -0.2) is 20.5 Å². The minimum absolute atomic E-state index is 0.0203. The van der Waals surface area contributed by atoms with Crippen LogP contribution in [0.2, 0.25) is 15.1 Å². The van der Waals surface area contributed by atoms with Crippen molar-refractivity contribution in [2.24, 2.45) is 0 Å². The zero-order chi connectivity index (χ0) is 9.59. The summed E-state index contributed by atoms with van der Waals surface area (Å²) in [5.41, 5.74) is 0.642. The molecule has 0 bridgehead atoms. The maximum absolute atomic E-state index is 9.37. The van der Waals surface area contributed by atoms with Gasteiger partial charge in [0.1, 0.15) is 21.1 Å². The predicted molar refractivity (Wildman–Crippen MR) is 50.6 cm³/mol. The number of hydrogen-bond donors (Lipinski definition) is 2. The van der Waals surface area contributed by atoms with Crippen molar-refractivity contribution < 1.29 is 5.11 Å². The Hall–Kier alpha value is -0.710. The Kier molecular flexibility index (Phi) is 1.98. The van der Waals surface area contributed by atoms with Crippen LogP contribution in [0, 0.1) is 0 Å². The SMILES string of the molecule is Oc1c(Cl)c(Cl)c2n[nH]nc2c1Cl. The van der Waals surface area contributed by atoms with Gasteiger partial charge in [-0.15, -0.1) is 0 Å². The summed E-state index contributed by atoms with van der Waals surface area (Å²) in [6.45, 7) is 0. The third-order valence-electron chi connectivity index (χ3n) is 1.57. The zero-order valence-corrected chi connectivity index (χ0v) is 8.24. The van der Waals surface area contributed by atoms with E-state index in [0.717, 1.165) is 0 Å². The molecule has 0 saturated heterocycles. The smallest absolute Gasteiger partial charge is 0.156 e. The van der Waals surface area contributed by atoms with E-state index < -0.39 is 0 Å². The number of nitrogens with zero attached hydrogens (tertiary/aromatic N) is 2. The third kappa shape index (κ3) is 1.14. The number of hydrogen-bond acceptors (Lipinski definition) is 3. The Balaban J connectivity index is 3.02. The Bertz CT molecular complexity index is 439. The minimum atomic E-state index is -0.283. The fourth-order valence-electron chi connectivity index (χ4n) is 0.953. The highest BCUT2D eigenvalue weighted by molar-refractivity contribution is 6.48. The van der Waals surface area contributed by atoms with Crippen molar-refractivity contribution in [3.8, 4) is 5.75 Å². The Morgan fingerprint density at radius 1 is 0.923 bits per heavy atom. The monoisotopic (exact) mass is 237 g/mol. The molecule has 2 rings (SSSR count). The maximum atomic E-state index is 9.37. The number of rotatable bonds is 0. The van der Waals surface area contributed by atoms with Gasteiger partial charge in [-0.1, -0.05) is 34.8 Å². The summed E-state index contributed by atoms with van der Waals surface area (Å²) in [6.07, 6.45) is 0. The van der Waals surface area contributed by atoms with Gasteiger partial charge in [-0.25, -0.2) is 0 Å². The molecule has 1 aromatic heterocycles. The van der Waals surface area contributed by atoms with Gasteiger partial charge in [0.05, 0.1) is 5.02 Å². The van der Waals surface area contributed by atoms with Gasteiger partial charge in [0.25, 0.3) is 0 Å². The highest BCUT2D eigenvalue weighted by Crippen LogP contribution is 2.42. The normalized spacial score (nSPS) is 11.0. The lowest BCUT2D eigenvalue weighted by Gasteiger charge is -2.01. The molecule has 1 aromatic carbocycles. The first-order valence-corrected chi connectivity index (χ1v) is 4.32. The number of phenolic OH excluding ortho intramolecular Hbond substituents is 1. The average Bonchev–Trinajstić information content (AvgIpc) is 2.59. The lowest BCUT2D eigenvalue weighted by atomic mass is 10.3. The Morgan fingerprint density at radius 2 is 1.46 bits per heavy atom. The number of nitrogens with one attached hydrogen (secondary N) is 1. The van der Waals surface area contributed by atoms with Crippen molar-refractivity contribution in [1.29, 1.82) is 0 Å². The van der Waals surface area contributed by atoms with Gasteiger partial charge < -0.3 is 5.11 Å². The van der Waals surface area contributed by atoms with Gasteiger partial charge in [-0.3, -0.25) is 0 Å². The van der Waals surface area contributed by atoms with Crippen LogP contribution in [-0.2, 0) is 0 Å². The van der Waals surface area contributed by atoms with Gasteiger partial charge >= 0.3 is 0 Å². The maximum Gasteiger partial charge on any atom is 0.156 e. The van der Waals surface area contributed by atoms with Crippen molar-refractivity contribution in [1.82, 2.24) is 15.4 Å². The second-order valence-corrected chi connectivity index (χ2v) is 3.45. The molecule has 0 aliphatic heterocycles. The average molecular weight is 238 g/mol. The standard InChI is InChI=1S/C6H2Cl3N3O/c7-1-2(8)6(13)3(9)5-4(1)10-12-11-5/h13H,(H,10,11,12). The fourth-order valence-corrected chi connectivity index (χ4v) is 1.63. The number of benzene rings is 1. The molecule has 2 N–H and O–H groups in total.